The molecular formula is C22H17F2N7. The van der Waals surface area contributed by atoms with Gasteiger partial charge >= 0.3 is 0 Å². The number of para-hydroxylation sites is 1. The smallest absolute Gasteiger partial charge is 0.155 e. The van der Waals surface area contributed by atoms with Crippen LogP contribution in [0.2, 0.25) is 0 Å². The largest absolute Gasteiger partial charge is 0.375 e. The highest BCUT2D eigenvalue weighted by atomic mass is 19.1. The first-order valence-corrected chi connectivity index (χ1v) is 9.59. The van der Waals surface area contributed by atoms with E-state index in [9.17, 15) is 8.78 Å². The third-order valence-electron chi connectivity index (χ3n) is 4.84. The van der Waals surface area contributed by atoms with Crippen molar-refractivity contribution in [1.82, 2.24) is 29.5 Å². The van der Waals surface area contributed by atoms with Gasteiger partial charge in [-0.05, 0) is 43.3 Å². The van der Waals surface area contributed by atoms with Crippen molar-refractivity contribution in [3.8, 4) is 22.6 Å². The van der Waals surface area contributed by atoms with Gasteiger partial charge in [0, 0.05) is 17.5 Å². The summed E-state index contributed by atoms with van der Waals surface area (Å²) in [7, 11) is 0. The normalized spacial score (nSPS) is 11.2. The van der Waals surface area contributed by atoms with Crippen LogP contribution in [0.25, 0.3) is 28.3 Å². The number of hydrogen-bond acceptors (Lipinski definition) is 5. The molecule has 5 rings (SSSR count). The van der Waals surface area contributed by atoms with E-state index in [2.05, 4.69) is 30.4 Å². The highest BCUT2D eigenvalue weighted by Crippen LogP contribution is 2.31. The lowest BCUT2D eigenvalue weighted by Gasteiger charge is -2.05. The van der Waals surface area contributed by atoms with Crippen LogP contribution in [-0.4, -0.2) is 29.5 Å². The predicted octanol–water partition coefficient (Wildman–Crippen LogP) is 4.38. The van der Waals surface area contributed by atoms with E-state index in [-0.39, 0.29) is 18.1 Å². The highest BCUT2D eigenvalue weighted by molar-refractivity contribution is 5.77. The molecule has 154 valence electrons. The second-order valence-corrected chi connectivity index (χ2v) is 7.00. The lowest BCUT2D eigenvalue weighted by atomic mass is 10.1. The highest BCUT2D eigenvalue weighted by Gasteiger charge is 2.19. The molecule has 7 nitrogen and oxygen atoms in total. The van der Waals surface area contributed by atoms with E-state index in [1.54, 1.807) is 48.0 Å². The number of pyridine rings is 2. The minimum atomic E-state index is -0.467. The van der Waals surface area contributed by atoms with E-state index < -0.39 is 5.82 Å². The summed E-state index contributed by atoms with van der Waals surface area (Å²) in [6.07, 6.45) is 3.22. The van der Waals surface area contributed by atoms with Gasteiger partial charge < -0.3 is 10.3 Å². The third kappa shape index (κ3) is 3.61. The van der Waals surface area contributed by atoms with E-state index in [0.29, 0.717) is 39.8 Å². The lowest BCUT2D eigenvalue weighted by Crippen LogP contribution is -2.03. The molecule has 0 saturated carbocycles. The minimum Gasteiger partial charge on any atom is -0.375 e. The van der Waals surface area contributed by atoms with Gasteiger partial charge in [-0.2, -0.15) is 5.10 Å². The molecule has 0 amide bonds. The molecule has 0 spiro atoms. The molecule has 0 aliphatic heterocycles. The Morgan fingerprint density at radius 3 is 2.71 bits per heavy atom. The topological polar surface area (TPSA) is 83.8 Å². The number of fused-ring (bicyclic) bond motifs is 1. The van der Waals surface area contributed by atoms with Crippen LogP contribution in [0.3, 0.4) is 0 Å². The van der Waals surface area contributed by atoms with Gasteiger partial charge in [0.2, 0.25) is 0 Å². The number of H-pyrrole nitrogens is 1. The number of rotatable bonds is 5. The van der Waals surface area contributed by atoms with Crippen molar-refractivity contribution in [1.29, 1.82) is 0 Å². The second kappa shape index (κ2) is 7.60. The van der Waals surface area contributed by atoms with Crippen molar-refractivity contribution in [2.45, 2.75) is 13.5 Å². The number of imidazole rings is 1. The molecule has 31 heavy (non-hydrogen) atoms. The number of aromatic nitrogens is 6. The summed E-state index contributed by atoms with van der Waals surface area (Å²) in [6.45, 7) is 2.01. The first-order valence-electron chi connectivity index (χ1n) is 9.59. The number of aromatic amines is 1. The standard InChI is InChI=1S/C22H17F2N7/c1-13-6-8-16(24)21(28-13)22-20(14-7-9-19-26-12-27-31(19)11-14)29-18(30-22)10-25-17-5-3-2-4-15(17)23/h2-9,11-12,25H,10H2,1H3,(H,29,30). The van der Waals surface area contributed by atoms with Crippen molar-refractivity contribution in [2.24, 2.45) is 0 Å². The Hall–Kier alpha value is -4.14. The molecule has 0 fully saturated rings. The van der Waals surface area contributed by atoms with Crippen LogP contribution in [0.15, 0.2) is 61.1 Å². The lowest BCUT2D eigenvalue weighted by molar-refractivity contribution is 0.624. The van der Waals surface area contributed by atoms with Crippen molar-refractivity contribution >= 4 is 11.3 Å². The number of nitrogens with one attached hydrogen (secondary N) is 2. The second-order valence-electron chi connectivity index (χ2n) is 7.00. The van der Waals surface area contributed by atoms with Gasteiger partial charge in [-0.25, -0.2) is 28.2 Å². The number of anilines is 1. The fraction of sp³-hybridized carbons (Fsp3) is 0.0909. The summed E-state index contributed by atoms with van der Waals surface area (Å²) in [5.41, 5.74) is 3.54. The maximum atomic E-state index is 14.7. The number of nitrogens with zero attached hydrogens (tertiary/aromatic N) is 5. The fourth-order valence-electron chi connectivity index (χ4n) is 3.34. The van der Waals surface area contributed by atoms with Crippen LogP contribution in [-0.2, 0) is 6.54 Å². The molecule has 0 saturated heterocycles. The Morgan fingerprint density at radius 1 is 0.968 bits per heavy atom. The molecule has 4 aromatic heterocycles. The average Bonchev–Trinajstić information content (AvgIpc) is 3.41. The van der Waals surface area contributed by atoms with E-state index >= 15 is 0 Å². The zero-order valence-electron chi connectivity index (χ0n) is 16.5. The van der Waals surface area contributed by atoms with Gasteiger partial charge in [0.05, 0.1) is 23.6 Å². The maximum absolute atomic E-state index is 14.7. The van der Waals surface area contributed by atoms with Gasteiger partial charge in [0.25, 0.3) is 0 Å². The van der Waals surface area contributed by atoms with Gasteiger partial charge in [0.1, 0.15) is 23.7 Å². The van der Waals surface area contributed by atoms with Crippen LogP contribution in [0, 0.1) is 18.6 Å². The Bertz CT molecular complexity index is 1390. The monoisotopic (exact) mass is 417 g/mol. The zero-order valence-corrected chi connectivity index (χ0v) is 16.5. The molecule has 0 aliphatic carbocycles. The molecule has 0 aliphatic rings. The Balaban J connectivity index is 1.59. The fourth-order valence-corrected chi connectivity index (χ4v) is 3.34. The van der Waals surface area contributed by atoms with E-state index in [0.717, 1.165) is 0 Å². The Morgan fingerprint density at radius 2 is 1.84 bits per heavy atom. The molecule has 0 radical (unpaired) electrons. The van der Waals surface area contributed by atoms with E-state index in [1.807, 2.05) is 6.07 Å². The molecule has 2 N–H and O–H groups in total. The predicted molar refractivity (Wildman–Crippen MR) is 112 cm³/mol. The molecular weight excluding hydrogens is 400 g/mol. The summed E-state index contributed by atoms with van der Waals surface area (Å²) in [6, 6.07) is 13.0. The molecule has 0 unspecified atom stereocenters. The van der Waals surface area contributed by atoms with Crippen LogP contribution in [0.1, 0.15) is 11.5 Å². The van der Waals surface area contributed by atoms with Crippen molar-refractivity contribution in [3.05, 3.63) is 84.2 Å². The summed E-state index contributed by atoms with van der Waals surface area (Å²) >= 11 is 0. The maximum Gasteiger partial charge on any atom is 0.155 e. The molecule has 9 heteroatoms. The first-order chi connectivity index (χ1) is 15.1. The van der Waals surface area contributed by atoms with Crippen LogP contribution < -0.4 is 5.32 Å². The average molecular weight is 417 g/mol. The first kappa shape index (κ1) is 18.9. The number of benzene rings is 1. The summed E-state index contributed by atoms with van der Waals surface area (Å²) in [4.78, 5) is 16.3. The van der Waals surface area contributed by atoms with Gasteiger partial charge in [-0.15, -0.1) is 0 Å². The zero-order chi connectivity index (χ0) is 21.4. The van der Waals surface area contributed by atoms with Gasteiger partial charge in [-0.1, -0.05) is 12.1 Å². The van der Waals surface area contributed by atoms with Crippen LogP contribution in [0.4, 0.5) is 14.5 Å². The third-order valence-corrected chi connectivity index (χ3v) is 4.84. The Kier molecular flexibility index (Phi) is 4.62. The van der Waals surface area contributed by atoms with Crippen molar-refractivity contribution in [2.75, 3.05) is 5.32 Å². The quantitative estimate of drug-likeness (QED) is 0.443. The van der Waals surface area contributed by atoms with E-state index in [4.69, 9.17) is 0 Å². The summed E-state index contributed by atoms with van der Waals surface area (Å²) < 4.78 is 30.2. The molecule has 0 atom stereocenters. The van der Waals surface area contributed by atoms with E-state index in [1.165, 1.54) is 18.5 Å². The summed E-state index contributed by atoms with van der Waals surface area (Å²) in [5, 5.41) is 7.17. The van der Waals surface area contributed by atoms with Gasteiger partial charge in [-0.3, -0.25) is 0 Å². The molecule has 5 aromatic rings. The van der Waals surface area contributed by atoms with Crippen LogP contribution in [0.5, 0.6) is 0 Å². The number of hydrogen-bond donors (Lipinski definition) is 2. The molecule has 4 heterocycles. The molecule has 0 bridgehead atoms. The number of halogens is 2. The molecule has 1 aromatic carbocycles. The SMILES string of the molecule is Cc1ccc(F)c(-c2[nH]c(CNc3ccccc3F)nc2-c2ccc3ncnn3c2)n1. The Labute approximate surface area is 175 Å². The van der Waals surface area contributed by atoms with Gasteiger partial charge in [0.15, 0.2) is 11.5 Å². The van der Waals surface area contributed by atoms with Crippen molar-refractivity contribution < 1.29 is 8.78 Å². The van der Waals surface area contributed by atoms with Crippen LogP contribution >= 0.6 is 0 Å². The van der Waals surface area contributed by atoms with Crippen molar-refractivity contribution in [3.63, 3.8) is 0 Å². The summed E-state index contributed by atoms with van der Waals surface area (Å²) in [5.74, 6) is -0.321. The number of aryl methyl sites for hydroxylation is 1. The minimum absolute atomic E-state index is 0.165.